The second kappa shape index (κ2) is 6.53. The molecular weight excluding hydrogens is 251 g/mol. The number of hydrogen-bond donors (Lipinski definition) is 1. The normalized spacial score (nSPS) is 13.8. The fourth-order valence-corrected chi connectivity index (χ4v) is 2.41. The number of para-hydroxylation sites is 1. The Kier molecular flexibility index (Phi) is 4.74. The van der Waals surface area contributed by atoms with E-state index in [4.69, 9.17) is 5.73 Å². The van der Waals surface area contributed by atoms with E-state index in [0.717, 1.165) is 5.56 Å². The van der Waals surface area contributed by atoms with Gasteiger partial charge in [0.2, 0.25) is 0 Å². The van der Waals surface area contributed by atoms with Crippen molar-refractivity contribution >= 4 is 5.69 Å². The van der Waals surface area contributed by atoms with Crippen LogP contribution in [0, 0.1) is 11.7 Å². The Labute approximate surface area is 120 Å². The highest BCUT2D eigenvalue weighted by atomic mass is 19.1. The van der Waals surface area contributed by atoms with Crippen molar-refractivity contribution in [1.82, 2.24) is 0 Å². The largest absolute Gasteiger partial charge is 0.372 e. The molecule has 0 heterocycles. The topological polar surface area (TPSA) is 29.3 Å². The minimum absolute atomic E-state index is 0.0505. The summed E-state index contributed by atoms with van der Waals surface area (Å²) in [5.74, 6) is 0.0255. The maximum absolute atomic E-state index is 13.7. The molecule has 2 nitrogen and oxygen atoms in total. The molecule has 0 aliphatic heterocycles. The van der Waals surface area contributed by atoms with E-state index in [1.807, 2.05) is 48.3 Å². The zero-order valence-electron chi connectivity index (χ0n) is 12.0. The summed E-state index contributed by atoms with van der Waals surface area (Å²) in [5.41, 5.74) is 8.01. The first kappa shape index (κ1) is 14.5. The lowest BCUT2D eigenvalue weighted by molar-refractivity contribution is 0.469. The summed E-state index contributed by atoms with van der Waals surface area (Å²) >= 11 is 0. The van der Waals surface area contributed by atoms with E-state index >= 15 is 0 Å². The van der Waals surface area contributed by atoms with E-state index in [1.54, 1.807) is 12.1 Å². The van der Waals surface area contributed by atoms with Crippen molar-refractivity contribution in [3.8, 4) is 0 Å². The molecule has 2 aromatic rings. The lowest BCUT2D eigenvalue weighted by Crippen LogP contribution is -2.31. The van der Waals surface area contributed by atoms with Crippen molar-refractivity contribution in [3.63, 3.8) is 0 Å². The highest BCUT2D eigenvalue weighted by Gasteiger charge is 2.17. The Morgan fingerprint density at radius 1 is 1.05 bits per heavy atom. The average molecular weight is 272 g/mol. The third-order valence-electron chi connectivity index (χ3n) is 3.62. The van der Waals surface area contributed by atoms with Crippen LogP contribution >= 0.6 is 0 Å². The number of nitrogens with zero attached hydrogens (tertiary/aromatic N) is 1. The standard InChI is InChI=1S/C17H21FN2/c1-13(17(19)14-8-4-3-5-9-14)12-20(2)16-11-7-6-10-15(16)18/h3-11,13,17H,12,19H2,1-2H3. The van der Waals surface area contributed by atoms with Gasteiger partial charge in [0.25, 0.3) is 0 Å². The lowest BCUT2D eigenvalue weighted by atomic mass is 9.95. The molecule has 0 amide bonds. The number of halogens is 1. The molecule has 0 saturated carbocycles. The van der Waals surface area contributed by atoms with E-state index in [0.29, 0.717) is 12.2 Å². The molecule has 2 aromatic carbocycles. The molecule has 0 aliphatic rings. The Morgan fingerprint density at radius 3 is 2.30 bits per heavy atom. The Morgan fingerprint density at radius 2 is 1.65 bits per heavy atom. The maximum atomic E-state index is 13.7. The third kappa shape index (κ3) is 3.36. The molecule has 20 heavy (non-hydrogen) atoms. The molecular formula is C17H21FN2. The van der Waals surface area contributed by atoms with Gasteiger partial charge in [0.1, 0.15) is 5.82 Å². The summed E-state index contributed by atoms with van der Waals surface area (Å²) in [6, 6.07) is 16.8. The fourth-order valence-electron chi connectivity index (χ4n) is 2.41. The van der Waals surface area contributed by atoms with E-state index in [1.165, 1.54) is 6.07 Å². The predicted molar refractivity (Wildman–Crippen MR) is 82.2 cm³/mol. The van der Waals surface area contributed by atoms with Gasteiger partial charge in [-0.2, -0.15) is 0 Å². The van der Waals surface area contributed by atoms with Gasteiger partial charge in [0.15, 0.2) is 0 Å². The SMILES string of the molecule is CC(CN(C)c1ccccc1F)C(N)c1ccccc1. The Balaban J connectivity index is 2.04. The third-order valence-corrected chi connectivity index (χ3v) is 3.62. The first-order chi connectivity index (χ1) is 9.59. The predicted octanol–water partition coefficient (Wildman–Crippen LogP) is 3.60. The molecule has 0 fully saturated rings. The molecule has 2 N–H and O–H groups in total. The summed E-state index contributed by atoms with van der Waals surface area (Å²) in [5, 5.41) is 0. The number of benzene rings is 2. The van der Waals surface area contributed by atoms with Crippen LogP contribution in [0.2, 0.25) is 0 Å². The van der Waals surface area contributed by atoms with Crippen molar-refractivity contribution in [2.24, 2.45) is 11.7 Å². The minimum atomic E-state index is -0.199. The highest BCUT2D eigenvalue weighted by Crippen LogP contribution is 2.23. The van der Waals surface area contributed by atoms with Gasteiger partial charge >= 0.3 is 0 Å². The van der Waals surface area contributed by atoms with Crippen molar-refractivity contribution in [3.05, 3.63) is 66.0 Å². The van der Waals surface area contributed by atoms with Crippen molar-refractivity contribution in [1.29, 1.82) is 0 Å². The summed E-state index contributed by atoms with van der Waals surface area (Å²) in [6.45, 7) is 2.80. The molecule has 0 bridgehead atoms. The monoisotopic (exact) mass is 272 g/mol. The Bertz CT molecular complexity index is 542. The van der Waals surface area contributed by atoms with E-state index in [-0.39, 0.29) is 17.8 Å². The van der Waals surface area contributed by atoms with Crippen LogP contribution in [0.25, 0.3) is 0 Å². The zero-order chi connectivity index (χ0) is 14.5. The molecule has 106 valence electrons. The van der Waals surface area contributed by atoms with Crippen LogP contribution in [0.15, 0.2) is 54.6 Å². The van der Waals surface area contributed by atoms with Gasteiger partial charge in [-0.15, -0.1) is 0 Å². The van der Waals surface area contributed by atoms with Crippen LogP contribution in [0.3, 0.4) is 0 Å². The van der Waals surface area contributed by atoms with Crippen molar-refractivity contribution in [2.45, 2.75) is 13.0 Å². The number of anilines is 1. The van der Waals surface area contributed by atoms with Crippen LogP contribution in [0.4, 0.5) is 10.1 Å². The molecule has 2 unspecified atom stereocenters. The van der Waals surface area contributed by atoms with Gasteiger partial charge in [-0.25, -0.2) is 4.39 Å². The van der Waals surface area contributed by atoms with Crippen LogP contribution in [-0.4, -0.2) is 13.6 Å². The number of nitrogens with two attached hydrogens (primary N) is 1. The van der Waals surface area contributed by atoms with Gasteiger partial charge < -0.3 is 10.6 Å². The van der Waals surface area contributed by atoms with Gasteiger partial charge in [-0.3, -0.25) is 0 Å². The zero-order valence-corrected chi connectivity index (χ0v) is 12.0. The maximum Gasteiger partial charge on any atom is 0.146 e. The molecule has 0 aliphatic carbocycles. The lowest BCUT2D eigenvalue weighted by Gasteiger charge is -2.27. The average Bonchev–Trinajstić information content (AvgIpc) is 2.47. The van der Waals surface area contributed by atoms with Crippen LogP contribution in [-0.2, 0) is 0 Å². The van der Waals surface area contributed by atoms with Gasteiger partial charge in [0.05, 0.1) is 5.69 Å². The molecule has 3 heteroatoms. The molecule has 2 rings (SSSR count). The first-order valence-corrected chi connectivity index (χ1v) is 6.86. The van der Waals surface area contributed by atoms with Crippen LogP contribution in [0.1, 0.15) is 18.5 Å². The van der Waals surface area contributed by atoms with Crippen LogP contribution in [0.5, 0.6) is 0 Å². The molecule has 0 saturated heterocycles. The Hall–Kier alpha value is -1.87. The summed E-state index contributed by atoms with van der Waals surface area (Å²) < 4.78 is 13.7. The van der Waals surface area contributed by atoms with E-state index in [9.17, 15) is 4.39 Å². The second-order valence-corrected chi connectivity index (χ2v) is 5.25. The molecule has 0 radical (unpaired) electrons. The summed E-state index contributed by atoms with van der Waals surface area (Å²) in [6.07, 6.45) is 0. The molecule has 0 spiro atoms. The summed E-state index contributed by atoms with van der Waals surface area (Å²) in [4.78, 5) is 1.92. The van der Waals surface area contributed by atoms with Crippen molar-refractivity contribution < 1.29 is 4.39 Å². The van der Waals surface area contributed by atoms with E-state index < -0.39 is 0 Å². The molecule has 0 aromatic heterocycles. The quantitative estimate of drug-likeness (QED) is 0.901. The minimum Gasteiger partial charge on any atom is -0.372 e. The second-order valence-electron chi connectivity index (χ2n) is 5.25. The highest BCUT2D eigenvalue weighted by molar-refractivity contribution is 5.46. The van der Waals surface area contributed by atoms with Gasteiger partial charge in [-0.1, -0.05) is 49.4 Å². The number of hydrogen-bond acceptors (Lipinski definition) is 2. The van der Waals surface area contributed by atoms with E-state index in [2.05, 4.69) is 6.92 Å². The summed E-state index contributed by atoms with van der Waals surface area (Å²) in [7, 11) is 1.90. The first-order valence-electron chi connectivity index (χ1n) is 6.86. The number of rotatable bonds is 5. The van der Waals surface area contributed by atoms with Crippen molar-refractivity contribution in [2.75, 3.05) is 18.5 Å². The smallest absolute Gasteiger partial charge is 0.146 e. The van der Waals surface area contributed by atoms with Gasteiger partial charge in [0, 0.05) is 19.6 Å². The fraction of sp³-hybridized carbons (Fsp3) is 0.294. The van der Waals surface area contributed by atoms with Crippen LogP contribution < -0.4 is 10.6 Å². The van der Waals surface area contributed by atoms with Gasteiger partial charge in [-0.05, 0) is 23.6 Å². The molecule has 2 atom stereocenters.